The van der Waals surface area contributed by atoms with Crippen LogP contribution in [-0.4, -0.2) is 39.3 Å². The predicted octanol–water partition coefficient (Wildman–Crippen LogP) is 2.09. The zero-order valence-electron chi connectivity index (χ0n) is 17.7. The van der Waals surface area contributed by atoms with Gasteiger partial charge in [0.1, 0.15) is 5.75 Å². The summed E-state index contributed by atoms with van der Waals surface area (Å²) in [7, 11) is 2.72. The summed E-state index contributed by atoms with van der Waals surface area (Å²) >= 11 is 0. The van der Waals surface area contributed by atoms with Gasteiger partial charge in [-0.3, -0.25) is 14.3 Å². The van der Waals surface area contributed by atoms with Crippen molar-refractivity contribution in [2.45, 2.75) is 13.5 Å². The van der Waals surface area contributed by atoms with Crippen LogP contribution in [-0.2, 0) is 11.3 Å². The first-order chi connectivity index (χ1) is 15.5. The van der Waals surface area contributed by atoms with Crippen LogP contribution in [0.4, 0.5) is 0 Å². The first kappa shape index (κ1) is 21.0. The monoisotopic (exact) mass is 432 g/mol. The Morgan fingerprint density at radius 2 is 1.78 bits per heavy atom. The van der Waals surface area contributed by atoms with Gasteiger partial charge in [0.15, 0.2) is 5.65 Å². The number of methoxy groups -OCH3 is 2. The molecule has 0 radical (unpaired) electrons. The Morgan fingerprint density at radius 1 is 1.06 bits per heavy atom. The third-order valence-corrected chi connectivity index (χ3v) is 5.04. The highest BCUT2D eigenvalue weighted by Crippen LogP contribution is 2.24. The fraction of sp³-hybridized carbons (Fsp3) is 0.174. The molecule has 32 heavy (non-hydrogen) atoms. The summed E-state index contributed by atoms with van der Waals surface area (Å²) in [6.45, 7) is 1.66. The maximum atomic E-state index is 13.6. The number of carbonyl (C=O) groups is 1. The lowest BCUT2D eigenvalue weighted by molar-refractivity contribution is 0.0602. The van der Waals surface area contributed by atoms with Gasteiger partial charge in [0.05, 0.1) is 37.4 Å². The number of rotatable bonds is 5. The molecule has 0 bridgehead atoms. The largest absolute Gasteiger partial charge is 0.495 e. The van der Waals surface area contributed by atoms with Gasteiger partial charge in [0.25, 0.3) is 5.56 Å². The molecule has 0 saturated carbocycles. The summed E-state index contributed by atoms with van der Waals surface area (Å²) in [6, 6.07) is 11.8. The van der Waals surface area contributed by atoms with Crippen molar-refractivity contribution in [3.63, 3.8) is 0 Å². The third kappa shape index (κ3) is 3.53. The van der Waals surface area contributed by atoms with E-state index >= 15 is 0 Å². The molecule has 0 spiro atoms. The van der Waals surface area contributed by atoms with Gasteiger partial charge in [-0.2, -0.15) is 0 Å². The van der Waals surface area contributed by atoms with E-state index in [2.05, 4.69) is 9.97 Å². The van der Waals surface area contributed by atoms with Crippen LogP contribution in [0.25, 0.3) is 16.7 Å². The molecule has 162 valence electrons. The quantitative estimate of drug-likeness (QED) is 0.445. The van der Waals surface area contributed by atoms with Crippen molar-refractivity contribution in [1.82, 2.24) is 19.1 Å². The highest BCUT2D eigenvalue weighted by molar-refractivity contribution is 6.02. The maximum absolute atomic E-state index is 13.6. The predicted molar refractivity (Wildman–Crippen MR) is 118 cm³/mol. The number of benzene rings is 1. The summed E-state index contributed by atoms with van der Waals surface area (Å²) < 4.78 is 12.7. The number of para-hydroxylation sites is 2. The minimum atomic E-state index is -0.696. The highest BCUT2D eigenvalue weighted by Gasteiger charge is 2.24. The van der Waals surface area contributed by atoms with Crippen LogP contribution in [0.3, 0.4) is 0 Å². The second-order valence-electron chi connectivity index (χ2n) is 7.04. The molecule has 0 unspecified atom stereocenters. The Balaban J connectivity index is 2.18. The molecule has 1 aromatic carbocycles. The average Bonchev–Trinajstić information content (AvgIpc) is 2.81. The number of fused-ring (bicyclic) bond motifs is 1. The van der Waals surface area contributed by atoms with Gasteiger partial charge in [-0.05, 0) is 42.8 Å². The number of ether oxygens (including phenoxy) is 2. The number of esters is 1. The molecule has 0 amide bonds. The number of aromatic nitrogens is 4. The molecule has 3 aromatic heterocycles. The van der Waals surface area contributed by atoms with E-state index in [1.807, 2.05) is 0 Å². The van der Waals surface area contributed by atoms with Gasteiger partial charge >= 0.3 is 11.7 Å². The molecule has 9 heteroatoms. The van der Waals surface area contributed by atoms with Crippen LogP contribution < -0.4 is 16.0 Å². The molecular weight excluding hydrogens is 412 g/mol. The number of nitrogens with zero attached hydrogens (tertiary/aromatic N) is 4. The van der Waals surface area contributed by atoms with E-state index in [-0.39, 0.29) is 23.1 Å². The molecule has 4 rings (SSSR count). The van der Waals surface area contributed by atoms with E-state index in [0.717, 1.165) is 4.57 Å². The van der Waals surface area contributed by atoms with E-state index in [4.69, 9.17) is 9.47 Å². The minimum absolute atomic E-state index is 0.0120. The van der Waals surface area contributed by atoms with Gasteiger partial charge < -0.3 is 9.47 Å². The maximum Gasteiger partial charge on any atom is 0.338 e. The van der Waals surface area contributed by atoms with Crippen LogP contribution in [0.15, 0.2) is 64.4 Å². The van der Waals surface area contributed by atoms with Gasteiger partial charge in [0, 0.05) is 18.1 Å². The summed E-state index contributed by atoms with van der Waals surface area (Å²) in [4.78, 5) is 48.1. The molecule has 0 aliphatic rings. The van der Waals surface area contributed by atoms with Crippen LogP contribution in [0.1, 0.15) is 21.6 Å². The molecular formula is C23H20N4O5. The lowest BCUT2D eigenvalue weighted by Crippen LogP contribution is -2.41. The number of pyridine rings is 2. The number of carbonyl (C=O) groups excluding carboxylic acids is 1. The SMILES string of the molecule is COC(=O)c1cc(C)nc2c1c(=O)n(Cc1ccncc1)c(=O)n2-c1ccccc1OC. The summed E-state index contributed by atoms with van der Waals surface area (Å²) in [5.74, 6) is -0.286. The van der Waals surface area contributed by atoms with E-state index in [9.17, 15) is 14.4 Å². The molecule has 3 heterocycles. The van der Waals surface area contributed by atoms with Crippen molar-refractivity contribution in [2.75, 3.05) is 14.2 Å². The molecule has 0 fully saturated rings. The van der Waals surface area contributed by atoms with Crippen LogP contribution >= 0.6 is 0 Å². The first-order valence-electron chi connectivity index (χ1n) is 9.74. The zero-order valence-corrected chi connectivity index (χ0v) is 17.7. The van der Waals surface area contributed by atoms with Gasteiger partial charge in [-0.15, -0.1) is 0 Å². The standard InChI is InChI=1S/C23H20N4O5/c1-14-12-16(22(29)32-3)19-20(25-14)27(17-6-4-5-7-18(17)31-2)23(30)26(21(19)28)13-15-8-10-24-11-9-15/h4-12H,13H2,1-3H3. The highest BCUT2D eigenvalue weighted by atomic mass is 16.5. The fourth-order valence-corrected chi connectivity index (χ4v) is 3.58. The van der Waals surface area contributed by atoms with Crippen molar-refractivity contribution < 1.29 is 14.3 Å². The minimum Gasteiger partial charge on any atom is -0.495 e. The van der Waals surface area contributed by atoms with Crippen molar-refractivity contribution >= 4 is 17.0 Å². The number of aryl methyl sites for hydroxylation is 1. The zero-order chi connectivity index (χ0) is 22.8. The lowest BCUT2D eigenvalue weighted by atomic mass is 10.1. The Bertz CT molecular complexity index is 1440. The lowest BCUT2D eigenvalue weighted by Gasteiger charge is -2.17. The second-order valence-corrected chi connectivity index (χ2v) is 7.04. The molecule has 0 atom stereocenters. The van der Waals surface area contributed by atoms with Crippen LogP contribution in [0.5, 0.6) is 5.75 Å². The molecule has 4 aromatic rings. The molecule has 0 aliphatic carbocycles. The smallest absolute Gasteiger partial charge is 0.338 e. The molecule has 0 saturated heterocycles. The summed E-state index contributed by atoms with van der Waals surface area (Å²) in [5, 5.41) is -0.0120. The van der Waals surface area contributed by atoms with Crippen molar-refractivity contribution in [1.29, 1.82) is 0 Å². The van der Waals surface area contributed by atoms with Gasteiger partial charge in [-0.25, -0.2) is 19.1 Å². The molecule has 9 nitrogen and oxygen atoms in total. The van der Waals surface area contributed by atoms with E-state index < -0.39 is 17.2 Å². The number of hydrogen-bond donors (Lipinski definition) is 0. The summed E-state index contributed by atoms with van der Waals surface area (Å²) in [5.41, 5.74) is 0.376. The topological polar surface area (TPSA) is 105 Å². The summed E-state index contributed by atoms with van der Waals surface area (Å²) in [6.07, 6.45) is 3.15. The Hall–Kier alpha value is -4.27. The number of hydrogen-bond acceptors (Lipinski definition) is 7. The first-order valence-corrected chi connectivity index (χ1v) is 9.74. The normalized spacial score (nSPS) is 10.8. The van der Waals surface area contributed by atoms with E-state index in [0.29, 0.717) is 22.7 Å². The fourth-order valence-electron chi connectivity index (χ4n) is 3.58. The Morgan fingerprint density at radius 3 is 2.47 bits per heavy atom. The van der Waals surface area contributed by atoms with Gasteiger partial charge in [0.2, 0.25) is 0 Å². The van der Waals surface area contributed by atoms with Crippen LogP contribution in [0, 0.1) is 6.92 Å². The van der Waals surface area contributed by atoms with Crippen LogP contribution in [0.2, 0.25) is 0 Å². The average molecular weight is 432 g/mol. The van der Waals surface area contributed by atoms with Crippen molar-refractivity contribution in [2.24, 2.45) is 0 Å². The Labute approximate surface area is 182 Å². The second kappa shape index (κ2) is 8.46. The van der Waals surface area contributed by atoms with E-state index in [1.165, 1.54) is 24.9 Å². The van der Waals surface area contributed by atoms with Crippen molar-refractivity contribution in [3.05, 3.63) is 92.5 Å². The van der Waals surface area contributed by atoms with Gasteiger partial charge in [-0.1, -0.05) is 12.1 Å². The van der Waals surface area contributed by atoms with E-state index in [1.54, 1.807) is 55.7 Å². The third-order valence-electron chi connectivity index (χ3n) is 5.04. The van der Waals surface area contributed by atoms with Crippen molar-refractivity contribution in [3.8, 4) is 11.4 Å². The molecule has 0 aliphatic heterocycles. The Kier molecular flexibility index (Phi) is 5.55. The molecule has 0 N–H and O–H groups in total.